The number of nitrogens with one attached hydrogen (secondary N) is 1. The zero-order chi connectivity index (χ0) is 13.0. The first-order valence-electron chi connectivity index (χ1n) is 6.26. The molecule has 0 saturated carbocycles. The van der Waals surface area contributed by atoms with E-state index in [1.54, 1.807) is 18.3 Å². The molecule has 0 aliphatic carbocycles. The Kier molecular flexibility index (Phi) is 4.28. The van der Waals surface area contributed by atoms with Gasteiger partial charge in [0, 0.05) is 25.3 Å². The van der Waals surface area contributed by atoms with Crippen molar-refractivity contribution in [1.82, 2.24) is 15.2 Å². The fraction of sp³-hybridized carbons (Fsp3) is 0.538. The SMILES string of the molecule is CN1CCCC1CNCc1ncccc1C(=O)O. The lowest BCUT2D eigenvalue weighted by Gasteiger charge is -2.19. The van der Waals surface area contributed by atoms with E-state index in [0.29, 0.717) is 18.3 Å². The molecule has 0 radical (unpaired) electrons. The normalized spacial score (nSPS) is 20.2. The molecule has 1 atom stereocenters. The highest BCUT2D eigenvalue weighted by molar-refractivity contribution is 5.88. The summed E-state index contributed by atoms with van der Waals surface area (Å²) in [6, 6.07) is 3.80. The molecule has 0 spiro atoms. The number of rotatable bonds is 5. The third-order valence-corrected chi connectivity index (χ3v) is 3.46. The Hall–Kier alpha value is -1.46. The highest BCUT2D eigenvalue weighted by Gasteiger charge is 2.20. The lowest BCUT2D eigenvalue weighted by atomic mass is 10.2. The van der Waals surface area contributed by atoms with Gasteiger partial charge in [0.25, 0.3) is 0 Å². The van der Waals surface area contributed by atoms with Gasteiger partial charge >= 0.3 is 5.97 Å². The van der Waals surface area contributed by atoms with Gasteiger partial charge in [-0.3, -0.25) is 4.98 Å². The highest BCUT2D eigenvalue weighted by atomic mass is 16.4. The summed E-state index contributed by atoms with van der Waals surface area (Å²) in [5, 5.41) is 12.3. The maximum Gasteiger partial charge on any atom is 0.337 e. The number of aromatic carboxylic acids is 1. The number of pyridine rings is 1. The summed E-state index contributed by atoms with van der Waals surface area (Å²) in [6.45, 7) is 2.54. The van der Waals surface area contributed by atoms with Crippen LogP contribution in [0.5, 0.6) is 0 Å². The van der Waals surface area contributed by atoms with Gasteiger partial charge in [0.1, 0.15) is 0 Å². The second kappa shape index (κ2) is 5.93. The van der Waals surface area contributed by atoms with Gasteiger partial charge < -0.3 is 15.3 Å². The van der Waals surface area contributed by atoms with Crippen LogP contribution in [0.15, 0.2) is 18.3 Å². The van der Waals surface area contributed by atoms with Crippen LogP contribution in [0.25, 0.3) is 0 Å². The Balaban J connectivity index is 1.88. The number of carboxylic acids is 1. The Morgan fingerprint density at radius 1 is 1.67 bits per heavy atom. The summed E-state index contributed by atoms with van der Waals surface area (Å²) in [5.41, 5.74) is 0.885. The zero-order valence-corrected chi connectivity index (χ0v) is 10.6. The number of hydrogen-bond donors (Lipinski definition) is 2. The Morgan fingerprint density at radius 2 is 2.50 bits per heavy atom. The van der Waals surface area contributed by atoms with Crippen LogP contribution in [0.1, 0.15) is 28.9 Å². The maximum absolute atomic E-state index is 11.0. The molecule has 2 N–H and O–H groups in total. The molecule has 1 fully saturated rings. The predicted molar refractivity (Wildman–Crippen MR) is 68.6 cm³/mol. The molecule has 1 saturated heterocycles. The van der Waals surface area contributed by atoms with Gasteiger partial charge in [0.05, 0.1) is 11.3 Å². The maximum atomic E-state index is 11.0. The van der Waals surface area contributed by atoms with Gasteiger partial charge in [-0.1, -0.05) is 0 Å². The van der Waals surface area contributed by atoms with Crippen molar-refractivity contribution in [3.63, 3.8) is 0 Å². The van der Waals surface area contributed by atoms with Crippen LogP contribution >= 0.6 is 0 Å². The molecule has 5 nitrogen and oxygen atoms in total. The van der Waals surface area contributed by atoms with Crippen molar-refractivity contribution < 1.29 is 9.90 Å². The van der Waals surface area contributed by atoms with Gasteiger partial charge in [0.15, 0.2) is 0 Å². The summed E-state index contributed by atoms with van der Waals surface area (Å²) in [5.74, 6) is -0.919. The van der Waals surface area contributed by atoms with E-state index in [-0.39, 0.29) is 5.56 Å². The molecule has 2 rings (SSSR count). The van der Waals surface area contributed by atoms with Crippen LogP contribution < -0.4 is 5.32 Å². The summed E-state index contributed by atoms with van der Waals surface area (Å²) in [4.78, 5) is 17.5. The molecule has 1 aliphatic heterocycles. The zero-order valence-electron chi connectivity index (χ0n) is 10.6. The smallest absolute Gasteiger partial charge is 0.337 e. The Bertz CT molecular complexity index is 422. The van der Waals surface area contributed by atoms with Crippen molar-refractivity contribution >= 4 is 5.97 Å². The van der Waals surface area contributed by atoms with Crippen LogP contribution in [-0.2, 0) is 6.54 Å². The van der Waals surface area contributed by atoms with E-state index in [9.17, 15) is 4.79 Å². The van der Waals surface area contributed by atoms with Crippen LogP contribution in [0.3, 0.4) is 0 Å². The first kappa shape index (κ1) is 13.0. The minimum atomic E-state index is -0.919. The van der Waals surface area contributed by atoms with Gasteiger partial charge in [0.2, 0.25) is 0 Å². The third kappa shape index (κ3) is 3.05. The number of likely N-dealkylation sites (tertiary alicyclic amines) is 1. The van der Waals surface area contributed by atoms with E-state index in [1.165, 1.54) is 12.8 Å². The minimum absolute atomic E-state index is 0.282. The first-order chi connectivity index (χ1) is 8.68. The molecule has 1 unspecified atom stereocenters. The van der Waals surface area contributed by atoms with Crippen LogP contribution in [0, 0.1) is 0 Å². The van der Waals surface area contributed by atoms with Gasteiger partial charge in [-0.25, -0.2) is 4.79 Å². The third-order valence-electron chi connectivity index (χ3n) is 3.46. The van der Waals surface area contributed by atoms with Crippen LogP contribution in [0.4, 0.5) is 0 Å². The second-order valence-electron chi connectivity index (χ2n) is 4.71. The van der Waals surface area contributed by atoms with Crippen molar-refractivity contribution in [3.05, 3.63) is 29.6 Å². The number of hydrogen-bond acceptors (Lipinski definition) is 4. The fourth-order valence-electron chi connectivity index (χ4n) is 2.37. The van der Waals surface area contributed by atoms with Crippen LogP contribution in [0.2, 0.25) is 0 Å². The molecule has 0 bridgehead atoms. The molecule has 1 aromatic rings. The lowest BCUT2D eigenvalue weighted by Crippen LogP contribution is -2.35. The molecule has 0 amide bonds. The molecule has 98 valence electrons. The van der Waals surface area contributed by atoms with Crippen molar-refractivity contribution in [2.24, 2.45) is 0 Å². The average Bonchev–Trinajstić information content (AvgIpc) is 2.76. The minimum Gasteiger partial charge on any atom is -0.478 e. The standard InChI is InChI=1S/C13H19N3O2/c1-16-7-3-4-10(16)8-14-9-12-11(13(17)18)5-2-6-15-12/h2,5-6,10,14H,3-4,7-9H2,1H3,(H,17,18). The second-order valence-corrected chi connectivity index (χ2v) is 4.71. The van der Waals surface area contributed by atoms with E-state index in [4.69, 9.17) is 5.11 Å². The monoisotopic (exact) mass is 249 g/mol. The van der Waals surface area contributed by atoms with Crippen LogP contribution in [-0.4, -0.2) is 47.1 Å². The molecular weight excluding hydrogens is 230 g/mol. The Labute approximate surface area is 107 Å². The summed E-state index contributed by atoms with van der Waals surface area (Å²) >= 11 is 0. The summed E-state index contributed by atoms with van der Waals surface area (Å²) in [6.07, 6.45) is 4.08. The van der Waals surface area contributed by atoms with E-state index in [0.717, 1.165) is 13.1 Å². The fourth-order valence-corrected chi connectivity index (χ4v) is 2.37. The molecule has 0 aromatic carbocycles. The summed E-state index contributed by atoms with van der Waals surface area (Å²) in [7, 11) is 2.13. The number of likely N-dealkylation sites (N-methyl/N-ethyl adjacent to an activating group) is 1. The average molecular weight is 249 g/mol. The van der Waals surface area contributed by atoms with Crippen molar-refractivity contribution in [3.8, 4) is 0 Å². The van der Waals surface area contributed by atoms with Crippen molar-refractivity contribution in [2.75, 3.05) is 20.1 Å². The topological polar surface area (TPSA) is 65.5 Å². The number of carboxylic acid groups (broad SMARTS) is 1. The molecular formula is C13H19N3O2. The lowest BCUT2D eigenvalue weighted by molar-refractivity contribution is 0.0695. The largest absolute Gasteiger partial charge is 0.478 e. The highest BCUT2D eigenvalue weighted by Crippen LogP contribution is 2.13. The summed E-state index contributed by atoms with van der Waals surface area (Å²) < 4.78 is 0. The molecule has 5 heteroatoms. The molecule has 1 aromatic heterocycles. The predicted octanol–water partition coefficient (Wildman–Crippen LogP) is 0.964. The van der Waals surface area contributed by atoms with Gasteiger partial charge in [-0.2, -0.15) is 0 Å². The van der Waals surface area contributed by atoms with Gasteiger partial charge in [-0.05, 0) is 38.6 Å². The van der Waals surface area contributed by atoms with Crippen molar-refractivity contribution in [1.29, 1.82) is 0 Å². The van der Waals surface area contributed by atoms with Gasteiger partial charge in [-0.15, -0.1) is 0 Å². The van der Waals surface area contributed by atoms with E-state index < -0.39 is 5.97 Å². The number of aromatic nitrogens is 1. The quantitative estimate of drug-likeness (QED) is 0.814. The first-order valence-corrected chi connectivity index (χ1v) is 6.26. The van der Waals surface area contributed by atoms with Crippen molar-refractivity contribution in [2.45, 2.75) is 25.4 Å². The molecule has 2 heterocycles. The Morgan fingerprint density at radius 3 is 3.17 bits per heavy atom. The molecule has 18 heavy (non-hydrogen) atoms. The van der Waals surface area contributed by atoms with E-state index >= 15 is 0 Å². The molecule has 1 aliphatic rings. The number of carbonyl (C=O) groups is 1. The van der Waals surface area contributed by atoms with E-state index in [2.05, 4.69) is 22.2 Å². The number of nitrogens with zero attached hydrogens (tertiary/aromatic N) is 2. The van der Waals surface area contributed by atoms with E-state index in [1.807, 2.05) is 0 Å².